The zero-order valence-electron chi connectivity index (χ0n) is 15.8. The molecule has 0 radical (unpaired) electrons. The molecule has 0 fully saturated rings. The molecule has 1 amide bonds. The molecule has 0 spiro atoms. The van der Waals surface area contributed by atoms with Crippen LogP contribution in [-0.2, 0) is 13.1 Å². The maximum atomic E-state index is 13.8. The Morgan fingerprint density at radius 1 is 1.13 bits per heavy atom. The number of aromatic nitrogens is 4. The second kappa shape index (κ2) is 8.46. The first-order chi connectivity index (χ1) is 14.5. The maximum Gasteiger partial charge on any atom is 0.264 e. The molecule has 7 nitrogen and oxygen atoms in total. The number of amides is 1. The van der Waals surface area contributed by atoms with Crippen molar-refractivity contribution in [3.05, 3.63) is 93.4 Å². The maximum absolute atomic E-state index is 13.8. The molecule has 2 aromatic carbocycles. The number of nitrogens with zero attached hydrogens (tertiary/aromatic N) is 4. The molecule has 0 saturated heterocycles. The van der Waals surface area contributed by atoms with Gasteiger partial charge in [0.15, 0.2) is 5.65 Å². The van der Waals surface area contributed by atoms with Crippen LogP contribution in [0.4, 0.5) is 4.39 Å². The molecule has 0 aliphatic heterocycles. The van der Waals surface area contributed by atoms with Gasteiger partial charge in [-0.05, 0) is 17.7 Å². The second-order valence-electron chi connectivity index (χ2n) is 6.62. The second-order valence-corrected chi connectivity index (χ2v) is 7.03. The molecular formula is C21H17ClFN5O2. The highest BCUT2D eigenvalue weighted by atomic mass is 35.5. The van der Waals surface area contributed by atoms with Crippen LogP contribution >= 0.6 is 11.6 Å². The molecule has 9 heteroatoms. The van der Waals surface area contributed by atoms with E-state index in [-0.39, 0.29) is 29.2 Å². The summed E-state index contributed by atoms with van der Waals surface area (Å²) in [4.78, 5) is 29.3. The van der Waals surface area contributed by atoms with E-state index in [1.807, 2.05) is 30.3 Å². The SMILES string of the molecule is O=C(NCCn1ncc2c(=O)n(Cc3ccccc3)cnc21)c1c(F)cccc1Cl. The fourth-order valence-corrected chi connectivity index (χ4v) is 3.38. The van der Waals surface area contributed by atoms with Gasteiger partial charge in [-0.1, -0.05) is 48.0 Å². The third-order valence-electron chi connectivity index (χ3n) is 4.62. The third-order valence-corrected chi connectivity index (χ3v) is 4.93. The first-order valence-electron chi connectivity index (χ1n) is 9.21. The third kappa shape index (κ3) is 3.95. The van der Waals surface area contributed by atoms with Crippen molar-refractivity contribution in [3.63, 3.8) is 0 Å². The van der Waals surface area contributed by atoms with E-state index in [1.54, 1.807) is 0 Å². The Morgan fingerprint density at radius 3 is 2.70 bits per heavy atom. The number of hydrogen-bond donors (Lipinski definition) is 1. The Balaban J connectivity index is 1.47. The van der Waals surface area contributed by atoms with Crippen molar-refractivity contribution >= 4 is 28.5 Å². The van der Waals surface area contributed by atoms with Crippen LogP contribution in [0.15, 0.2) is 65.8 Å². The summed E-state index contributed by atoms with van der Waals surface area (Å²) >= 11 is 5.91. The summed E-state index contributed by atoms with van der Waals surface area (Å²) in [5.41, 5.74) is 1.01. The van der Waals surface area contributed by atoms with Gasteiger partial charge >= 0.3 is 0 Å². The summed E-state index contributed by atoms with van der Waals surface area (Å²) in [7, 11) is 0. The molecule has 30 heavy (non-hydrogen) atoms. The first-order valence-corrected chi connectivity index (χ1v) is 9.59. The van der Waals surface area contributed by atoms with Crippen molar-refractivity contribution in [1.29, 1.82) is 0 Å². The van der Waals surface area contributed by atoms with Gasteiger partial charge in [0.1, 0.15) is 17.5 Å². The molecule has 0 aliphatic carbocycles. The Labute approximate surface area is 175 Å². The topological polar surface area (TPSA) is 81.8 Å². The van der Waals surface area contributed by atoms with E-state index in [0.29, 0.717) is 17.6 Å². The fraction of sp³-hybridized carbons (Fsp3) is 0.143. The Bertz CT molecular complexity index is 1250. The lowest BCUT2D eigenvalue weighted by Gasteiger charge is -2.09. The van der Waals surface area contributed by atoms with E-state index in [0.717, 1.165) is 5.56 Å². The summed E-state index contributed by atoms with van der Waals surface area (Å²) in [6.45, 7) is 0.832. The van der Waals surface area contributed by atoms with E-state index in [9.17, 15) is 14.0 Å². The van der Waals surface area contributed by atoms with E-state index in [2.05, 4.69) is 15.4 Å². The van der Waals surface area contributed by atoms with Crippen LogP contribution in [0, 0.1) is 5.82 Å². The lowest BCUT2D eigenvalue weighted by atomic mass is 10.2. The lowest BCUT2D eigenvalue weighted by Crippen LogP contribution is -2.28. The number of halogens is 2. The van der Waals surface area contributed by atoms with Gasteiger partial charge in [-0.3, -0.25) is 14.2 Å². The number of rotatable bonds is 6. The molecule has 0 aliphatic rings. The summed E-state index contributed by atoms with van der Waals surface area (Å²) in [5.74, 6) is -1.31. The van der Waals surface area contributed by atoms with Crippen LogP contribution in [0.1, 0.15) is 15.9 Å². The summed E-state index contributed by atoms with van der Waals surface area (Å²) < 4.78 is 16.9. The molecule has 0 bridgehead atoms. The molecule has 0 atom stereocenters. The first kappa shape index (κ1) is 19.8. The molecule has 152 valence electrons. The van der Waals surface area contributed by atoms with Gasteiger partial charge < -0.3 is 5.32 Å². The van der Waals surface area contributed by atoms with Crippen LogP contribution in [-0.4, -0.2) is 31.8 Å². The molecular weight excluding hydrogens is 409 g/mol. The average molecular weight is 426 g/mol. The van der Waals surface area contributed by atoms with Crippen LogP contribution < -0.4 is 10.9 Å². The van der Waals surface area contributed by atoms with Gasteiger partial charge in [-0.15, -0.1) is 0 Å². The fourth-order valence-electron chi connectivity index (χ4n) is 3.13. The van der Waals surface area contributed by atoms with Gasteiger partial charge in [-0.25, -0.2) is 14.1 Å². The minimum atomic E-state index is -0.690. The molecule has 2 aromatic heterocycles. The minimum absolute atomic E-state index is 0.0395. The average Bonchev–Trinajstić information content (AvgIpc) is 3.14. The van der Waals surface area contributed by atoms with Gasteiger partial charge in [0.2, 0.25) is 0 Å². The Morgan fingerprint density at radius 2 is 1.93 bits per heavy atom. The normalized spacial score (nSPS) is 11.0. The van der Waals surface area contributed by atoms with Gasteiger partial charge in [0.25, 0.3) is 11.5 Å². The minimum Gasteiger partial charge on any atom is -0.350 e. The highest BCUT2D eigenvalue weighted by Gasteiger charge is 2.16. The number of carbonyl (C=O) groups excluding carboxylic acids is 1. The van der Waals surface area contributed by atoms with Crippen molar-refractivity contribution in [3.8, 4) is 0 Å². The highest BCUT2D eigenvalue weighted by molar-refractivity contribution is 6.33. The molecule has 4 rings (SSSR count). The van der Waals surface area contributed by atoms with Crippen LogP contribution in [0.5, 0.6) is 0 Å². The van der Waals surface area contributed by atoms with Crippen LogP contribution in [0.2, 0.25) is 5.02 Å². The standard InChI is InChI=1S/C21H17ClFN5O2/c22-16-7-4-8-17(23)18(16)20(29)24-9-10-28-19-15(11-26-28)21(30)27(13-25-19)12-14-5-2-1-3-6-14/h1-8,11,13H,9-10,12H2,(H,24,29). The quantitative estimate of drug-likeness (QED) is 0.515. The number of carbonyl (C=O) groups is 1. The van der Waals surface area contributed by atoms with Gasteiger partial charge in [0, 0.05) is 6.54 Å². The molecule has 4 aromatic rings. The van der Waals surface area contributed by atoms with Gasteiger partial charge in [-0.2, -0.15) is 5.10 Å². The number of fused-ring (bicyclic) bond motifs is 1. The van der Waals surface area contributed by atoms with Crippen molar-refractivity contribution in [1.82, 2.24) is 24.6 Å². The van der Waals surface area contributed by atoms with Crippen LogP contribution in [0.3, 0.4) is 0 Å². The van der Waals surface area contributed by atoms with E-state index < -0.39 is 11.7 Å². The molecule has 0 saturated carbocycles. The zero-order valence-corrected chi connectivity index (χ0v) is 16.5. The smallest absolute Gasteiger partial charge is 0.264 e. The molecule has 0 unspecified atom stereocenters. The summed E-state index contributed by atoms with van der Waals surface area (Å²) in [6, 6.07) is 13.7. The molecule has 1 N–H and O–H groups in total. The largest absolute Gasteiger partial charge is 0.350 e. The van der Waals surface area contributed by atoms with Crippen molar-refractivity contribution in [2.75, 3.05) is 6.54 Å². The summed E-state index contributed by atoms with van der Waals surface area (Å²) in [6.07, 6.45) is 2.94. The van der Waals surface area contributed by atoms with Crippen molar-refractivity contribution in [2.45, 2.75) is 13.1 Å². The number of benzene rings is 2. The Kier molecular flexibility index (Phi) is 5.58. The van der Waals surface area contributed by atoms with Crippen molar-refractivity contribution in [2.24, 2.45) is 0 Å². The van der Waals surface area contributed by atoms with Crippen LogP contribution in [0.25, 0.3) is 11.0 Å². The monoisotopic (exact) mass is 425 g/mol. The number of nitrogens with one attached hydrogen (secondary N) is 1. The van der Waals surface area contributed by atoms with Gasteiger partial charge in [0.05, 0.1) is 29.9 Å². The summed E-state index contributed by atoms with van der Waals surface area (Å²) in [5, 5.41) is 7.23. The number of hydrogen-bond acceptors (Lipinski definition) is 4. The van der Waals surface area contributed by atoms with Crippen molar-refractivity contribution < 1.29 is 9.18 Å². The van der Waals surface area contributed by atoms with E-state index >= 15 is 0 Å². The lowest BCUT2D eigenvalue weighted by molar-refractivity contribution is 0.0948. The predicted molar refractivity (Wildman–Crippen MR) is 111 cm³/mol. The van der Waals surface area contributed by atoms with E-state index in [1.165, 1.54) is 40.0 Å². The van der Waals surface area contributed by atoms with E-state index in [4.69, 9.17) is 11.6 Å². The molecule has 2 heterocycles. The zero-order chi connectivity index (χ0) is 21.1. The Hall–Kier alpha value is -3.52. The predicted octanol–water partition coefficient (Wildman–Crippen LogP) is 2.86. The highest BCUT2D eigenvalue weighted by Crippen LogP contribution is 2.18.